The Morgan fingerprint density at radius 2 is 1.73 bits per heavy atom. The predicted molar refractivity (Wildman–Crippen MR) is 135 cm³/mol. The Morgan fingerprint density at radius 3 is 2.39 bits per heavy atom. The van der Waals surface area contributed by atoms with E-state index in [0.29, 0.717) is 27.9 Å². The van der Waals surface area contributed by atoms with Gasteiger partial charge in [-0.1, -0.05) is 6.07 Å². The van der Waals surface area contributed by atoms with Crippen LogP contribution in [0.25, 0.3) is 0 Å². The molecule has 2 aliphatic rings. The van der Waals surface area contributed by atoms with E-state index in [9.17, 15) is 9.59 Å². The number of thiol groups is 1. The second kappa shape index (κ2) is 9.97. The fourth-order valence-electron chi connectivity index (χ4n) is 4.47. The fourth-order valence-corrected chi connectivity index (χ4v) is 4.79. The summed E-state index contributed by atoms with van der Waals surface area (Å²) in [6, 6.07) is 11.1. The molecule has 2 heterocycles. The van der Waals surface area contributed by atoms with Crippen LogP contribution in [0.4, 0.5) is 16.2 Å². The molecule has 2 saturated heterocycles. The highest BCUT2D eigenvalue weighted by molar-refractivity contribution is 7.80. The van der Waals surface area contributed by atoms with Crippen LogP contribution in [0.15, 0.2) is 41.3 Å². The van der Waals surface area contributed by atoms with Gasteiger partial charge in [0.25, 0.3) is 5.91 Å². The number of urea groups is 1. The Labute approximate surface area is 200 Å². The molecule has 33 heavy (non-hydrogen) atoms. The van der Waals surface area contributed by atoms with E-state index in [1.54, 1.807) is 18.2 Å². The number of benzene rings is 2. The molecule has 0 aliphatic carbocycles. The van der Waals surface area contributed by atoms with Crippen LogP contribution in [0.3, 0.4) is 0 Å². The van der Waals surface area contributed by atoms with Crippen molar-refractivity contribution >= 4 is 41.7 Å². The SMILES string of the molecule is Cc1ccc(NC(=O)Nc2ccc(C(=N)C(=O)N[C@@H]3CCCC4CCN4C3)c(S)c2)cc1C. The maximum Gasteiger partial charge on any atom is 0.323 e. The number of hydrogen-bond acceptors (Lipinski definition) is 5. The van der Waals surface area contributed by atoms with E-state index in [-0.39, 0.29) is 23.7 Å². The van der Waals surface area contributed by atoms with Crippen molar-refractivity contribution in [3.63, 3.8) is 0 Å². The summed E-state index contributed by atoms with van der Waals surface area (Å²) in [5.41, 5.74) is 3.82. The maximum absolute atomic E-state index is 12.7. The van der Waals surface area contributed by atoms with E-state index in [4.69, 9.17) is 5.41 Å². The third-order valence-corrected chi connectivity index (χ3v) is 7.03. The van der Waals surface area contributed by atoms with Crippen LogP contribution in [-0.2, 0) is 4.79 Å². The van der Waals surface area contributed by atoms with Crippen LogP contribution in [-0.4, -0.2) is 47.7 Å². The van der Waals surface area contributed by atoms with Gasteiger partial charge in [-0.05, 0) is 87.5 Å². The number of nitrogens with one attached hydrogen (secondary N) is 4. The molecular weight excluding hydrogens is 434 g/mol. The van der Waals surface area contributed by atoms with Gasteiger partial charge in [0, 0.05) is 40.5 Å². The molecule has 8 heteroatoms. The highest BCUT2D eigenvalue weighted by Crippen LogP contribution is 2.27. The topological polar surface area (TPSA) is 97.3 Å². The van der Waals surface area contributed by atoms with Gasteiger partial charge in [0.1, 0.15) is 5.71 Å². The lowest BCUT2D eigenvalue weighted by atomic mass is 10.00. The molecule has 174 valence electrons. The average molecular weight is 466 g/mol. The lowest BCUT2D eigenvalue weighted by Gasteiger charge is -2.40. The maximum atomic E-state index is 12.7. The summed E-state index contributed by atoms with van der Waals surface area (Å²) >= 11 is 4.47. The molecule has 0 bridgehead atoms. The predicted octanol–water partition coefficient (Wildman–Crippen LogP) is 4.35. The second-order valence-corrected chi connectivity index (χ2v) is 9.51. The summed E-state index contributed by atoms with van der Waals surface area (Å²) in [6.45, 7) is 5.97. The van der Waals surface area contributed by atoms with Gasteiger partial charge in [-0.3, -0.25) is 15.1 Å². The first-order valence-corrected chi connectivity index (χ1v) is 11.9. The van der Waals surface area contributed by atoms with Crippen molar-refractivity contribution in [1.82, 2.24) is 10.2 Å². The van der Waals surface area contributed by atoms with Crippen molar-refractivity contribution < 1.29 is 9.59 Å². The minimum absolute atomic E-state index is 0.0709. The van der Waals surface area contributed by atoms with Crippen molar-refractivity contribution in [3.8, 4) is 0 Å². The molecule has 0 aromatic heterocycles. The summed E-state index contributed by atoms with van der Waals surface area (Å²) in [5.74, 6) is -0.387. The van der Waals surface area contributed by atoms with Crippen molar-refractivity contribution in [2.45, 2.75) is 56.5 Å². The second-order valence-electron chi connectivity index (χ2n) is 9.02. The van der Waals surface area contributed by atoms with Crippen LogP contribution in [0.2, 0.25) is 0 Å². The van der Waals surface area contributed by atoms with E-state index < -0.39 is 0 Å². The van der Waals surface area contributed by atoms with Gasteiger partial charge in [-0.2, -0.15) is 0 Å². The molecule has 0 spiro atoms. The zero-order valence-corrected chi connectivity index (χ0v) is 20.0. The first-order valence-electron chi connectivity index (χ1n) is 11.4. The van der Waals surface area contributed by atoms with E-state index in [2.05, 4.69) is 33.5 Å². The molecule has 2 atom stereocenters. The largest absolute Gasteiger partial charge is 0.347 e. The molecular formula is C25H31N5O2S. The number of fused-ring (bicyclic) bond motifs is 1. The molecule has 2 fully saturated rings. The monoisotopic (exact) mass is 465 g/mol. The number of aryl methyl sites for hydroxylation is 2. The summed E-state index contributed by atoms with van der Waals surface area (Å²) in [4.78, 5) is 28.0. The van der Waals surface area contributed by atoms with E-state index >= 15 is 0 Å². The van der Waals surface area contributed by atoms with Gasteiger partial charge in [-0.15, -0.1) is 12.6 Å². The summed E-state index contributed by atoms with van der Waals surface area (Å²) in [5, 5.41) is 17.0. The number of rotatable bonds is 5. The number of carbonyl (C=O) groups excluding carboxylic acids is 2. The van der Waals surface area contributed by atoms with Gasteiger partial charge in [0.2, 0.25) is 0 Å². The van der Waals surface area contributed by atoms with Crippen LogP contribution in [0, 0.1) is 19.3 Å². The lowest BCUT2D eigenvalue weighted by molar-refractivity contribution is -0.115. The number of carbonyl (C=O) groups is 2. The van der Waals surface area contributed by atoms with E-state index in [0.717, 1.165) is 37.1 Å². The standard InChI is InChI=1S/C25H31N5O2S/c1-15-6-7-17(12-16(15)2)28-25(32)29-18-8-9-21(22(33)13-18)23(26)24(31)27-19-4-3-5-20-10-11-30(20)14-19/h6-9,12-13,19-20,26,33H,3-5,10-11,14H2,1-2H3,(H,27,31)(H2,28,29,32)/t19-,20?/m1/s1. The molecule has 4 rings (SSSR count). The van der Waals surface area contributed by atoms with Crippen LogP contribution >= 0.6 is 12.6 Å². The zero-order valence-electron chi connectivity index (χ0n) is 19.1. The molecule has 2 aromatic rings. The number of hydrogen-bond donors (Lipinski definition) is 5. The Morgan fingerprint density at radius 1 is 1.00 bits per heavy atom. The highest BCUT2D eigenvalue weighted by Gasteiger charge is 2.33. The fraction of sp³-hybridized carbons (Fsp3) is 0.400. The molecule has 0 saturated carbocycles. The van der Waals surface area contributed by atoms with E-state index in [1.165, 1.54) is 12.8 Å². The number of nitrogens with zero attached hydrogens (tertiary/aromatic N) is 1. The average Bonchev–Trinajstić information content (AvgIpc) is 2.88. The number of anilines is 2. The Kier molecular flexibility index (Phi) is 7.05. The lowest BCUT2D eigenvalue weighted by Crippen LogP contribution is -2.52. The molecule has 0 radical (unpaired) electrons. The summed E-state index contributed by atoms with van der Waals surface area (Å²) in [7, 11) is 0. The van der Waals surface area contributed by atoms with Gasteiger partial charge in [0.05, 0.1) is 0 Å². The molecule has 2 aliphatic heterocycles. The van der Waals surface area contributed by atoms with Crippen LogP contribution in [0.5, 0.6) is 0 Å². The van der Waals surface area contributed by atoms with Crippen molar-refractivity contribution in [2.24, 2.45) is 0 Å². The molecule has 3 amide bonds. The normalized spacial score (nSPS) is 20.1. The molecule has 2 aromatic carbocycles. The first kappa shape index (κ1) is 23.3. The minimum atomic E-state index is -0.387. The van der Waals surface area contributed by atoms with Gasteiger partial charge < -0.3 is 16.0 Å². The Balaban J connectivity index is 1.35. The molecule has 1 unspecified atom stereocenters. The number of amides is 3. The highest BCUT2D eigenvalue weighted by atomic mass is 32.1. The zero-order chi connectivity index (χ0) is 23.5. The van der Waals surface area contributed by atoms with Crippen molar-refractivity contribution in [2.75, 3.05) is 23.7 Å². The van der Waals surface area contributed by atoms with Crippen molar-refractivity contribution in [3.05, 3.63) is 53.1 Å². The third-order valence-electron chi connectivity index (χ3n) is 6.66. The minimum Gasteiger partial charge on any atom is -0.347 e. The van der Waals surface area contributed by atoms with Gasteiger partial charge >= 0.3 is 6.03 Å². The van der Waals surface area contributed by atoms with Gasteiger partial charge in [0.15, 0.2) is 0 Å². The Bertz CT molecular complexity index is 1090. The quantitative estimate of drug-likeness (QED) is 0.336. The van der Waals surface area contributed by atoms with Crippen LogP contribution < -0.4 is 16.0 Å². The summed E-state index contributed by atoms with van der Waals surface area (Å²) in [6.07, 6.45) is 4.48. The third kappa shape index (κ3) is 5.57. The summed E-state index contributed by atoms with van der Waals surface area (Å²) < 4.78 is 0. The van der Waals surface area contributed by atoms with Crippen LogP contribution in [0.1, 0.15) is 42.4 Å². The van der Waals surface area contributed by atoms with Crippen molar-refractivity contribution in [1.29, 1.82) is 5.41 Å². The molecule has 4 N–H and O–H groups in total. The Hall–Kier alpha value is -2.84. The molecule has 7 nitrogen and oxygen atoms in total. The smallest absolute Gasteiger partial charge is 0.323 e. The first-order chi connectivity index (χ1) is 15.8. The van der Waals surface area contributed by atoms with Gasteiger partial charge in [-0.25, -0.2) is 4.79 Å². The van der Waals surface area contributed by atoms with E-state index in [1.807, 2.05) is 32.0 Å².